The van der Waals surface area contributed by atoms with Crippen molar-refractivity contribution >= 4 is 0 Å². The van der Waals surface area contributed by atoms with Crippen molar-refractivity contribution in [3.05, 3.63) is 23.6 Å². The first-order valence-electron chi connectivity index (χ1n) is 3.76. The third kappa shape index (κ3) is 4.48. The lowest BCUT2D eigenvalue weighted by atomic mass is 10.2. The van der Waals surface area contributed by atoms with Crippen molar-refractivity contribution in [3.63, 3.8) is 0 Å². The molecular formula is C9H17NO. The van der Waals surface area contributed by atoms with E-state index in [0.29, 0.717) is 11.6 Å². The molecule has 0 rings (SSSR count). The predicted octanol–water partition coefficient (Wildman–Crippen LogP) is 2.04. The minimum Gasteiger partial charge on any atom is -0.495 e. The van der Waals surface area contributed by atoms with E-state index in [-0.39, 0.29) is 0 Å². The standard InChI is InChI=1S/C9H17NO/c1-7(2)5-6-9(11-4)8(3)10/h5-7H,10H2,1-4H3/b6-5-,9-8-. The lowest BCUT2D eigenvalue weighted by molar-refractivity contribution is 0.301. The summed E-state index contributed by atoms with van der Waals surface area (Å²) in [6, 6.07) is 0. The molecule has 0 saturated heterocycles. The molecule has 2 heteroatoms. The molecule has 0 amide bonds. The van der Waals surface area contributed by atoms with Gasteiger partial charge in [0.15, 0.2) is 0 Å². The highest BCUT2D eigenvalue weighted by atomic mass is 16.5. The van der Waals surface area contributed by atoms with E-state index in [0.717, 1.165) is 5.76 Å². The van der Waals surface area contributed by atoms with Crippen molar-refractivity contribution in [3.8, 4) is 0 Å². The quantitative estimate of drug-likeness (QED) is 0.500. The van der Waals surface area contributed by atoms with Crippen LogP contribution in [0.25, 0.3) is 0 Å². The summed E-state index contributed by atoms with van der Waals surface area (Å²) in [5.74, 6) is 1.28. The van der Waals surface area contributed by atoms with Crippen LogP contribution in [0.5, 0.6) is 0 Å². The molecule has 0 saturated carbocycles. The number of allylic oxidation sites excluding steroid dienone is 3. The van der Waals surface area contributed by atoms with Crippen molar-refractivity contribution in [2.45, 2.75) is 20.8 Å². The molecule has 0 aromatic rings. The second kappa shape index (κ2) is 4.83. The summed E-state index contributed by atoms with van der Waals surface area (Å²) in [4.78, 5) is 0. The third-order valence-corrected chi connectivity index (χ3v) is 1.24. The van der Waals surface area contributed by atoms with E-state index in [2.05, 4.69) is 19.9 Å². The SMILES string of the molecule is COC(/C=C\C(C)C)=C(/C)N. The van der Waals surface area contributed by atoms with Gasteiger partial charge in [0.2, 0.25) is 0 Å². The molecule has 0 aliphatic rings. The smallest absolute Gasteiger partial charge is 0.136 e. The molecule has 0 bridgehead atoms. The maximum Gasteiger partial charge on any atom is 0.136 e. The van der Waals surface area contributed by atoms with E-state index >= 15 is 0 Å². The number of hydrogen-bond donors (Lipinski definition) is 1. The molecule has 11 heavy (non-hydrogen) atoms. The minimum absolute atomic E-state index is 0.527. The zero-order chi connectivity index (χ0) is 8.85. The maximum absolute atomic E-state index is 5.54. The van der Waals surface area contributed by atoms with E-state index in [1.165, 1.54) is 0 Å². The van der Waals surface area contributed by atoms with Crippen LogP contribution >= 0.6 is 0 Å². The van der Waals surface area contributed by atoms with Crippen molar-refractivity contribution < 1.29 is 4.74 Å². The van der Waals surface area contributed by atoms with Gasteiger partial charge in [-0.1, -0.05) is 19.9 Å². The van der Waals surface area contributed by atoms with Gasteiger partial charge in [0.25, 0.3) is 0 Å². The lowest BCUT2D eigenvalue weighted by Gasteiger charge is -2.02. The van der Waals surface area contributed by atoms with Gasteiger partial charge < -0.3 is 10.5 Å². The van der Waals surface area contributed by atoms with Gasteiger partial charge in [-0.15, -0.1) is 0 Å². The minimum atomic E-state index is 0.527. The highest BCUT2D eigenvalue weighted by Crippen LogP contribution is 2.04. The highest BCUT2D eigenvalue weighted by molar-refractivity contribution is 5.16. The van der Waals surface area contributed by atoms with Crippen LogP contribution in [0.3, 0.4) is 0 Å². The molecule has 0 fully saturated rings. The highest BCUT2D eigenvalue weighted by Gasteiger charge is 1.93. The van der Waals surface area contributed by atoms with E-state index in [9.17, 15) is 0 Å². The molecule has 0 aliphatic heterocycles. The molecule has 0 atom stereocenters. The van der Waals surface area contributed by atoms with Crippen LogP contribution in [0.4, 0.5) is 0 Å². The molecule has 64 valence electrons. The van der Waals surface area contributed by atoms with Crippen molar-refractivity contribution in [2.75, 3.05) is 7.11 Å². The predicted molar refractivity (Wildman–Crippen MR) is 47.9 cm³/mol. The van der Waals surface area contributed by atoms with Crippen molar-refractivity contribution in [1.29, 1.82) is 0 Å². The molecule has 0 unspecified atom stereocenters. The van der Waals surface area contributed by atoms with E-state index < -0.39 is 0 Å². The largest absolute Gasteiger partial charge is 0.495 e. The number of ether oxygens (including phenoxy) is 1. The summed E-state index contributed by atoms with van der Waals surface area (Å²) in [5, 5.41) is 0. The molecule has 0 heterocycles. The van der Waals surface area contributed by atoms with Gasteiger partial charge in [0, 0.05) is 5.70 Å². The van der Waals surface area contributed by atoms with E-state index in [1.54, 1.807) is 7.11 Å². The second-order valence-electron chi connectivity index (χ2n) is 2.85. The number of nitrogens with two attached hydrogens (primary N) is 1. The van der Waals surface area contributed by atoms with Crippen molar-refractivity contribution in [2.24, 2.45) is 11.7 Å². The van der Waals surface area contributed by atoms with Crippen LogP contribution in [0.2, 0.25) is 0 Å². The Morgan fingerprint density at radius 2 is 2.00 bits per heavy atom. The Hall–Kier alpha value is -0.920. The molecule has 0 aromatic heterocycles. The van der Waals surface area contributed by atoms with Crippen LogP contribution < -0.4 is 5.73 Å². The van der Waals surface area contributed by atoms with Gasteiger partial charge in [0.05, 0.1) is 7.11 Å². The van der Waals surface area contributed by atoms with E-state index in [1.807, 2.05) is 13.0 Å². The molecule has 0 aromatic carbocycles. The fourth-order valence-electron chi connectivity index (χ4n) is 0.640. The first kappa shape index (κ1) is 10.1. The first-order valence-corrected chi connectivity index (χ1v) is 3.76. The fraction of sp³-hybridized carbons (Fsp3) is 0.556. The monoisotopic (exact) mass is 155 g/mol. The molecule has 0 spiro atoms. The Morgan fingerprint density at radius 1 is 1.45 bits per heavy atom. The number of methoxy groups -OCH3 is 1. The normalized spacial score (nSPS) is 13.9. The zero-order valence-electron chi connectivity index (χ0n) is 7.72. The first-order chi connectivity index (χ1) is 5.07. The van der Waals surface area contributed by atoms with Crippen LogP contribution in [-0.2, 0) is 4.74 Å². The molecule has 0 aliphatic carbocycles. The molecule has 2 nitrogen and oxygen atoms in total. The Balaban J connectivity index is 4.21. The Kier molecular flexibility index (Phi) is 4.42. The average Bonchev–Trinajstić information content (AvgIpc) is 1.87. The number of rotatable bonds is 3. The average molecular weight is 155 g/mol. The summed E-state index contributed by atoms with van der Waals surface area (Å²) in [6.07, 6.45) is 3.95. The van der Waals surface area contributed by atoms with Crippen LogP contribution in [0.1, 0.15) is 20.8 Å². The number of hydrogen-bond acceptors (Lipinski definition) is 2. The summed E-state index contributed by atoms with van der Waals surface area (Å²) in [6.45, 7) is 6.04. The summed E-state index contributed by atoms with van der Waals surface area (Å²) >= 11 is 0. The third-order valence-electron chi connectivity index (χ3n) is 1.24. The van der Waals surface area contributed by atoms with E-state index in [4.69, 9.17) is 10.5 Å². The fourth-order valence-corrected chi connectivity index (χ4v) is 0.640. The van der Waals surface area contributed by atoms with Crippen LogP contribution in [0.15, 0.2) is 23.6 Å². The Morgan fingerprint density at radius 3 is 2.27 bits per heavy atom. The second-order valence-corrected chi connectivity index (χ2v) is 2.85. The Bertz CT molecular complexity index is 164. The molecular weight excluding hydrogens is 138 g/mol. The van der Waals surface area contributed by atoms with Crippen molar-refractivity contribution in [1.82, 2.24) is 0 Å². The zero-order valence-corrected chi connectivity index (χ0v) is 7.72. The lowest BCUT2D eigenvalue weighted by Crippen LogP contribution is -1.98. The summed E-state index contributed by atoms with van der Waals surface area (Å²) in [5.41, 5.74) is 6.25. The molecule has 2 N–H and O–H groups in total. The van der Waals surface area contributed by atoms with Gasteiger partial charge >= 0.3 is 0 Å². The van der Waals surface area contributed by atoms with Gasteiger partial charge in [0.1, 0.15) is 5.76 Å². The molecule has 0 radical (unpaired) electrons. The van der Waals surface area contributed by atoms with Crippen LogP contribution in [-0.4, -0.2) is 7.11 Å². The Labute approximate surface area is 68.7 Å². The van der Waals surface area contributed by atoms with Gasteiger partial charge in [-0.05, 0) is 18.9 Å². The summed E-state index contributed by atoms with van der Waals surface area (Å²) in [7, 11) is 1.62. The van der Waals surface area contributed by atoms with Gasteiger partial charge in [-0.25, -0.2) is 0 Å². The van der Waals surface area contributed by atoms with Gasteiger partial charge in [-0.2, -0.15) is 0 Å². The van der Waals surface area contributed by atoms with Crippen LogP contribution in [0, 0.1) is 5.92 Å². The topological polar surface area (TPSA) is 35.2 Å². The summed E-state index contributed by atoms with van der Waals surface area (Å²) < 4.78 is 5.03. The van der Waals surface area contributed by atoms with Gasteiger partial charge in [-0.3, -0.25) is 0 Å². The maximum atomic E-state index is 5.54.